The first-order valence-corrected chi connectivity index (χ1v) is 8.17. The molecule has 4 aliphatic rings. The molecule has 4 saturated carbocycles. The van der Waals surface area contributed by atoms with Crippen molar-refractivity contribution in [2.75, 3.05) is 13.1 Å². The topological polar surface area (TPSA) is 44.1 Å². The Morgan fingerprint density at radius 3 is 2.45 bits per heavy atom. The van der Waals surface area contributed by atoms with Crippen molar-refractivity contribution in [3.63, 3.8) is 0 Å². The van der Waals surface area contributed by atoms with Crippen molar-refractivity contribution in [2.45, 2.75) is 58.8 Å². The number of rotatable bonds is 4. The molecule has 2 atom stereocenters. The van der Waals surface area contributed by atoms with E-state index in [1.165, 1.54) is 19.3 Å². The monoisotopic (exact) mass is 274 g/mol. The Labute approximate surface area is 122 Å². The van der Waals surface area contributed by atoms with E-state index in [4.69, 9.17) is 5.26 Å². The molecule has 0 saturated heterocycles. The summed E-state index contributed by atoms with van der Waals surface area (Å²) >= 11 is 0. The third-order valence-electron chi connectivity index (χ3n) is 5.85. The zero-order chi connectivity index (χ0) is 14.4. The lowest BCUT2D eigenvalue weighted by Gasteiger charge is -2.61. The van der Waals surface area contributed by atoms with Crippen molar-refractivity contribution < 1.29 is 4.79 Å². The molecule has 1 amide bonds. The molecule has 0 aromatic heterocycles. The van der Waals surface area contributed by atoms with E-state index in [9.17, 15) is 4.79 Å². The van der Waals surface area contributed by atoms with E-state index in [-0.39, 0.29) is 12.0 Å². The molecule has 20 heavy (non-hydrogen) atoms. The van der Waals surface area contributed by atoms with Crippen LogP contribution in [-0.2, 0) is 4.79 Å². The molecular formula is C17H26N2O. The summed E-state index contributed by atoms with van der Waals surface area (Å²) in [5.74, 6) is 1.81. The fourth-order valence-corrected chi connectivity index (χ4v) is 5.91. The second kappa shape index (κ2) is 4.76. The molecule has 0 aromatic rings. The maximum absolute atomic E-state index is 13.1. The Bertz CT molecular complexity index is 436. The lowest BCUT2D eigenvalue weighted by molar-refractivity contribution is -0.165. The summed E-state index contributed by atoms with van der Waals surface area (Å²) in [7, 11) is 0. The molecule has 110 valence electrons. The molecule has 3 nitrogen and oxygen atoms in total. The summed E-state index contributed by atoms with van der Waals surface area (Å²) in [6, 6.07) is 2.18. The molecule has 0 heterocycles. The zero-order valence-corrected chi connectivity index (χ0v) is 12.8. The van der Waals surface area contributed by atoms with Gasteiger partial charge in [-0.1, -0.05) is 13.8 Å². The first-order valence-electron chi connectivity index (χ1n) is 8.17. The van der Waals surface area contributed by atoms with E-state index in [2.05, 4.69) is 19.9 Å². The summed E-state index contributed by atoms with van der Waals surface area (Å²) in [6.07, 6.45) is 8.17. The predicted octanol–water partition coefficient (Wildman–Crippen LogP) is 3.36. The molecule has 4 rings (SSSR count). The lowest BCUT2D eigenvalue weighted by Crippen LogP contribution is -2.57. The van der Waals surface area contributed by atoms with Crippen LogP contribution in [0.5, 0.6) is 0 Å². The van der Waals surface area contributed by atoms with Crippen LogP contribution in [0.1, 0.15) is 58.8 Å². The number of nitriles is 1. The van der Waals surface area contributed by atoms with Crippen LogP contribution in [-0.4, -0.2) is 23.9 Å². The average molecular weight is 274 g/mol. The van der Waals surface area contributed by atoms with Crippen LogP contribution < -0.4 is 0 Å². The van der Waals surface area contributed by atoms with Gasteiger partial charge in [-0.25, -0.2) is 0 Å². The summed E-state index contributed by atoms with van der Waals surface area (Å²) in [6.45, 7) is 5.47. The highest BCUT2D eigenvalue weighted by molar-refractivity contribution is 5.83. The van der Waals surface area contributed by atoms with Crippen LogP contribution in [0.15, 0.2) is 0 Å². The van der Waals surface area contributed by atoms with Gasteiger partial charge in [-0.2, -0.15) is 5.26 Å². The zero-order valence-electron chi connectivity index (χ0n) is 12.8. The maximum Gasteiger partial charge on any atom is 0.229 e. The molecule has 2 unspecified atom stereocenters. The second-order valence-corrected chi connectivity index (χ2v) is 7.94. The first kappa shape index (κ1) is 13.9. The van der Waals surface area contributed by atoms with Crippen molar-refractivity contribution >= 4 is 5.91 Å². The Balaban J connectivity index is 1.85. The second-order valence-electron chi connectivity index (χ2n) is 7.94. The average Bonchev–Trinajstić information content (AvgIpc) is 2.34. The number of carbonyl (C=O) groups excluding carboxylic acids is 1. The Hall–Kier alpha value is -1.04. The van der Waals surface area contributed by atoms with Crippen LogP contribution in [0.2, 0.25) is 0 Å². The van der Waals surface area contributed by atoms with Gasteiger partial charge in [-0.05, 0) is 62.2 Å². The van der Waals surface area contributed by atoms with Gasteiger partial charge < -0.3 is 4.90 Å². The van der Waals surface area contributed by atoms with E-state index in [0.717, 1.165) is 44.1 Å². The van der Waals surface area contributed by atoms with Crippen molar-refractivity contribution in [3.05, 3.63) is 0 Å². The molecule has 4 fully saturated rings. The number of nitrogens with zero attached hydrogens (tertiary/aromatic N) is 2. The van der Waals surface area contributed by atoms with Crippen molar-refractivity contribution in [1.82, 2.24) is 4.90 Å². The third-order valence-corrected chi connectivity index (χ3v) is 5.85. The van der Waals surface area contributed by atoms with Gasteiger partial charge in [0.05, 0.1) is 11.5 Å². The van der Waals surface area contributed by atoms with E-state index < -0.39 is 0 Å². The number of hydrogen-bond donors (Lipinski definition) is 0. The molecule has 0 aliphatic heterocycles. The van der Waals surface area contributed by atoms with Gasteiger partial charge in [-0.15, -0.1) is 0 Å². The molecule has 3 heteroatoms. The highest BCUT2D eigenvalue weighted by Gasteiger charge is 2.59. The van der Waals surface area contributed by atoms with Crippen molar-refractivity contribution in [2.24, 2.45) is 22.7 Å². The van der Waals surface area contributed by atoms with Crippen LogP contribution >= 0.6 is 0 Å². The van der Waals surface area contributed by atoms with E-state index in [1.54, 1.807) is 0 Å². The highest BCUT2D eigenvalue weighted by atomic mass is 16.2. The van der Waals surface area contributed by atoms with Gasteiger partial charge >= 0.3 is 0 Å². The minimum absolute atomic E-state index is 0.120. The Morgan fingerprint density at radius 2 is 1.95 bits per heavy atom. The minimum atomic E-state index is -0.120. The van der Waals surface area contributed by atoms with Gasteiger partial charge in [0.1, 0.15) is 6.54 Å². The van der Waals surface area contributed by atoms with Crippen LogP contribution in [0.3, 0.4) is 0 Å². The molecule has 0 N–H and O–H groups in total. The van der Waals surface area contributed by atoms with Gasteiger partial charge in [0.15, 0.2) is 0 Å². The van der Waals surface area contributed by atoms with E-state index in [1.807, 2.05) is 4.90 Å². The van der Waals surface area contributed by atoms with Gasteiger partial charge in [-0.3, -0.25) is 4.79 Å². The smallest absolute Gasteiger partial charge is 0.229 e. The fraction of sp³-hybridized carbons (Fsp3) is 0.882. The lowest BCUT2D eigenvalue weighted by atomic mass is 9.44. The molecular weight excluding hydrogens is 248 g/mol. The van der Waals surface area contributed by atoms with Gasteiger partial charge in [0.25, 0.3) is 0 Å². The summed E-state index contributed by atoms with van der Waals surface area (Å²) < 4.78 is 0. The highest BCUT2D eigenvalue weighted by Crippen LogP contribution is 2.65. The Kier molecular flexibility index (Phi) is 3.31. The van der Waals surface area contributed by atoms with E-state index >= 15 is 0 Å². The third kappa shape index (κ3) is 2.14. The van der Waals surface area contributed by atoms with Crippen LogP contribution in [0, 0.1) is 34.0 Å². The minimum Gasteiger partial charge on any atom is -0.329 e. The van der Waals surface area contributed by atoms with Gasteiger partial charge in [0.2, 0.25) is 5.91 Å². The number of hydrogen-bond acceptors (Lipinski definition) is 2. The molecule has 4 aliphatic carbocycles. The largest absolute Gasteiger partial charge is 0.329 e. The molecule has 0 radical (unpaired) electrons. The quantitative estimate of drug-likeness (QED) is 0.738. The molecule has 0 spiro atoms. The summed E-state index contributed by atoms with van der Waals surface area (Å²) in [5, 5.41) is 9.00. The van der Waals surface area contributed by atoms with Crippen LogP contribution in [0.4, 0.5) is 0 Å². The van der Waals surface area contributed by atoms with Crippen molar-refractivity contribution in [1.29, 1.82) is 5.26 Å². The van der Waals surface area contributed by atoms with Gasteiger partial charge in [0, 0.05) is 6.54 Å². The standard InChI is InChI=1S/C17H26N2O/c1-3-5-19(6-4-18)15(20)17-10-13-7-14(11-17)9-16(2,8-13)12-17/h13-14H,3,5-12H2,1-2H3. The summed E-state index contributed by atoms with van der Waals surface area (Å²) in [5.41, 5.74) is 0.273. The first-order chi connectivity index (χ1) is 9.50. The summed E-state index contributed by atoms with van der Waals surface area (Å²) in [4.78, 5) is 14.9. The molecule has 0 aromatic carbocycles. The van der Waals surface area contributed by atoms with E-state index in [0.29, 0.717) is 11.3 Å². The molecule has 4 bridgehead atoms. The van der Waals surface area contributed by atoms with Crippen LogP contribution in [0.25, 0.3) is 0 Å². The SMILES string of the molecule is CCCN(CC#N)C(=O)C12CC3CC(CC(C)(C3)C1)C2. The normalized spacial score (nSPS) is 41.5. The van der Waals surface area contributed by atoms with Crippen molar-refractivity contribution in [3.8, 4) is 6.07 Å². The Morgan fingerprint density at radius 1 is 1.30 bits per heavy atom. The predicted molar refractivity (Wildman–Crippen MR) is 77.7 cm³/mol. The fourth-order valence-electron chi connectivity index (χ4n) is 5.91. The maximum atomic E-state index is 13.1. The number of carbonyl (C=O) groups is 1. The number of amides is 1.